The summed E-state index contributed by atoms with van der Waals surface area (Å²) in [7, 11) is 0. The van der Waals surface area contributed by atoms with Crippen molar-refractivity contribution in [3.63, 3.8) is 0 Å². The van der Waals surface area contributed by atoms with E-state index in [4.69, 9.17) is 0 Å². The summed E-state index contributed by atoms with van der Waals surface area (Å²) < 4.78 is 2.82. The van der Waals surface area contributed by atoms with Crippen molar-refractivity contribution in [3.05, 3.63) is 96.1 Å². The Balaban J connectivity index is 1.20. The van der Waals surface area contributed by atoms with E-state index >= 15 is 0 Å². The maximum absolute atomic E-state index is 2.49. The van der Waals surface area contributed by atoms with Crippen LogP contribution >= 0.6 is 11.3 Å². The number of thiophene rings is 1. The molecule has 0 nitrogen and oxygen atoms in total. The summed E-state index contributed by atoms with van der Waals surface area (Å²) in [6, 6.07) is 32.3. The van der Waals surface area contributed by atoms with Crippen LogP contribution in [0.4, 0.5) is 0 Å². The lowest BCUT2D eigenvalue weighted by molar-refractivity contribution is -0.00518. The molecule has 0 aliphatic heterocycles. The molecule has 0 atom stereocenters. The van der Waals surface area contributed by atoms with E-state index in [0.29, 0.717) is 5.41 Å². The first-order valence-electron chi connectivity index (χ1n) is 13.8. The van der Waals surface area contributed by atoms with Crippen LogP contribution in [0.1, 0.15) is 49.7 Å². The SMILES string of the molecule is Cc1cc(-c2ccc(C34CC5CC(CC(C5)C3)C4)cc2)cc2c1sc1c(-c3ccccc3)cccc12. The van der Waals surface area contributed by atoms with Gasteiger partial charge in [0, 0.05) is 20.2 Å². The lowest BCUT2D eigenvalue weighted by Gasteiger charge is -2.57. The number of fused-ring (bicyclic) bond motifs is 3. The van der Waals surface area contributed by atoms with Gasteiger partial charge in [-0.3, -0.25) is 0 Å². The number of aryl methyl sites for hydroxylation is 1. The van der Waals surface area contributed by atoms with Crippen molar-refractivity contribution in [3.8, 4) is 22.3 Å². The van der Waals surface area contributed by atoms with E-state index in [1.807, 2.05) is 11.3 Å². The zero-order valence-electron chi connectivity index (χ0n) is 21.0. The molecular formula is C35H32S. The normalized spacial score (nSPS) is 26.8. The van der Waals surface area contributed by atoms with Gasteiger partial charge in [-0.15, -0.1) is 11.3 Å². The van der Waals surface area contributed by atoms with Gasteiger partial charge in [-0.1, -0.05) is 72.8 Å². The highest BCUT2D eigenvalue weighted by Crippen LogP contribution is 2.60. The van der Waals surface area contributed by atoms with E-state index in [1.54, 1.807) is 5.56 Å². The zero-order chi connectivity index (χ0) is 23.9. The fraction of sp³-hybridized carbons (Fsp3) is 0.314. The van der Waals surface area contributed by atoms with Crippen LogP contribution in [0.5, 0.6) is 0 Å². The van der Waals surface area contributed by atoms with E-state index in [-0.39, 0.29) is 0 Å². The Labute approximate surface area is 218 Å². The minimum absolute atomic E-state index is 0.477. The average molecular weight is 485 g/mol. The first-order chi connectivity index (χ1) is 17.6. The van der Waals surface area contributed by atoms with Crippen molar-refractivity contribution in [2.75, 3.05) is 0 Å². The molecular weight excluding hydrogens is 452 g/mol. The lowest BCUT2D eigenvalue weighted by Crippen LogP contribution is -2.48. The maximum Gasteiger partial charge on any atom is 0.0433 e. The Kier molecular flexibility index (Phi) is 4.59. The van der Waals surface area contributed by atoms with Crippen LogP contribution in [-0.4, -0.2) is 0 Å². The molecule has 178 valence electrons. The van der Waals surface area contributed by atoms with Gasteiger partial charge in [0.25, 0.3) is 0 Å². The zero-order valence-corrected chi connectivity index (χ0v) is 21.8. The highest BCUT2D eigenvalue weighted by atomic mass is 32.1. The Hall–Kier alpha value is -2.90. The molecule has 4 saturated carbocycles. The molecule has 1 aromatic heterocycles. The molecule has 0 unspecified atom stereocenters. The number of benzene rings is 4. The highest BCUT2D eigenvalue weighted by Gasteiger charge is 2.51. The summed E-state index contributed by atoms with van der Waals surface area (Å²) in [5, 5.41) is 2.78. The van der Waals surface area contributed by atoms with E-state index in [2.05, 4.69) is 91.9 Å². The molecule has 0 amide bonds. The monoisotopic (exact) mass is 484 g/mol. The fourth-order valence-corrected chi connectivity index (χ4v) is 9.85. The molecule has 0 N–H and O–H groups in total. The Morgan fingerprint density at radius 1 is 0.611 bits per heavy atom. The van der Waals surface area contributed by atoms with Crippen LogP contribution in [-0.2, 0) is 5.41 Å². The third kappa shape index (κ3) is 3.18. The molecule has 4 aliphatic carbocycles. The van der Waals surface area contributed by atoms with Gasteiger partial charge in [-0.05, 0) is 114 Å². The van der Waals surface area contributed by atoms with E-state index in [9.17, 15) is 0 Å². The van der Waals surface area contributed by atoms with E-state index in [0.717, 1.165) is 17.8 Å². The van der Waals surface area contributed by atoms with E-state index in [1.165, 1.54) is 86.5 Å². The molecule has 36 heavy (non-hydrogen) atoms. The van der Waals surface area contributed by atoms with Gasteiger partial charge < -0.3 is 0 Å². The predicted octanol–water partition coefficient (Wildman–Crippen LogP) is 10.2. The number of hydrogen-bond acceptors (Lipinski definition) is 1. The number of rotatable bonds is 3. The molecule has 5 aromatic rings. The Bertz CT molecular complexity index is 1570. The molecule has 0 radical (unpaired) electrons. The summed E-state index contributed by atoms with van der Waals surface area (Å²) in [5.74, 6) is 2.98. The Morgan fingerprint density at radius 2 is 1.31 bits per heavy atom. The summed E-state index contributed by atoms with van der Waals surface area (Å²) in [4.78, 5) is 0. The minimum atomic E-state index is 0.477. The van der Waals surface area contributed by atoms with Crippen LogP contribution in [0.15, 0.2) is 84.9 Å². The molecule has 9 rings (SSSR count). The van der Waals surface area contributed by atoms with Gasteiger partial charge in [0.2, 0.25) is 0 Å². The first kappa shape index (κ1) is 21.2. The van der Waals surface area contributed by atoms with Gasteiger partial charge in [0.1, 0.15) is 0 Å². The lowest BCUT2D eigenvalue weighted by atomic mass is 9.48. The van der Waals surface area contributed by atoms with Crippen molar-refractivity contribution >= 4 is 31.5 Å². The largest absolute Gasteiger partial charge is 0.134 e. The van der Waals surface area contributed by atoms with Gasteiger partial charge in [0.15, 0.2) is 0 Å². The molecule has 1 heteroatoms. The van der Waals surface area contributed by atoms with Gasteiger partial charge in [-0.2, -0.15) is 0 Å². The van der Waals surface area contributed by atoms with Crippen LogP contribution in [0.25, 0.3) is 42.4 Å². The maximum atomic E-state index is 2.49. The second-order valence-electron chi connectivity index (χ2n) is 12.1. The van der Waals surface area contributed by atoms with E-state index < -0.39 is 0 Å². The molecule has 0 saturated heterocycles. The number of hydrogen-bond donors (Lipinski definition) is 0. The standard InChI is InChI=1S/C35H32S/c1-22-14-28(18-32-31-9-5-8-30(34(31)36-33(22)32)27-6-3-2-4-7-27)26-10-12-29(13-11-26)35-19-23-15-24(20-35)17-25(16-23)21-35/h2-14,18,23-25H,15-17,19-21H2,1H3. The van der Waals surface area contributed by atoms with Crippen molar-refractivity contribution in [2.24, 2.45) is 17.8 Å². The molecule has 4 aliphatic rings. The Morgan fingerprint density at radius 3 is 2.00 bits per heavy atom. The van der Waals surface area contributed by atoms with Crippen molar-refractivity contribution in [1.29, 1.82) is 0 Å². The van der Waals surface area contributed by atoms with Gasteiger partial charge >= 0.3 is 0 Å². The summed E-state index contributed by atoms with van der Waals surface area (Å²) in [6.07, 6.45) is 8.85. The van der Waals surface area contributed by atoms with Gasteiger partial charge in [-0.25, -0.2) is 0 Å². The third-order valence-electron chi connectivity index (χ3n) is 9.74. The second kappa shape index (κ2) is 7.80. The third-order valence-corrected chi connectivity index (χ3v) is 11.1. The molecule has 4 bridgehead atoms. The highest BCUT2D eigenvalue weighted by molar-refractivity contribution is 7.26. The topological polar surface area (TPSA) is 0 Å². The van der Waals surface area contributed by atoms with Gasteiger partial charge in [0.05, 0.1) is 0 Å². The van der Waals surface area contributed by atoms with Crippen LogP contribution in [0.2, 0.25) is 0 Å². The van der Waals surface area contributed by atoms with Crippen molar-refractivity contribution in [2.45, 2.75) is 50.9 Å². The molecule has 1 heterocycles. The average Bonchev–Trinajstić information content (AvgIpc) is 3.28. The van der Waals surface area contributed by atoms with Crippen molar-refractivity contribution < 1.29 is 0 Å². The molecule has 0 spiro atoms. The molecule has 4 aromatic carbocycles. The first-order valence-corrected chi connectivity index (χ1v) is 14.6. The van der Waals surface area contributed by atoms with Crippen LogP contribution in [0.3, 0.4) is 0 Å². The smallest absolute Gasteiger partial charge is 0.0433 e. The summed E-state index contributed by atoms with van der Waals surface area (Å²) in [5.41, 5.74) is 8.83. The summed E-state index contributed by atoms with van der Waals surface area (Å²) in [6.45, 7) is 2.28. The minimum Gasteiger partial charge on any atom is -0.134 e. The van der Waals surface area contributed by atoms with Crippen LogP contribution in [0, 0.1) is 24.7 Å². The quantitative estimate of drug-likeness (QED) is 0.239. The van der Waals surface area contributed by atoms with Crippen LogP contribution < -0.4 is 0 Å². The molecule has 4 fully saturated rings. The predicted molar refractivity (Wildman–Crippen MR) is 155 cm³/mol. The van der Waals surface area contributed by atoms with Crippen molar-refractivity contribution in [1.82, 2.24) is 0 Å². The summed E-state index contributed by atoms with van der Waals surface area (Å²) >= 11 is 1.95. The fourth-order valence-electron chi connectivity index (χ4n) is 8.56. The second-order valence-corrected chi connectivity index (χ2v) is 13.1.